The van der Waals surface area contributed by atoms with Gasteiger partial charge in [0, 0.05) is 12.5 Å². The van der Waals surface area contributed by atoms with Crippen LogP contribution in [0, 0.1) is 5.92 Å². The largest absolute Gasteiger partial charge is 0.370 e. The third-order valence-corrected chi connectivity index (χ3v) is 3.60. The summed E-state index contributed by atoms with van der Waals surface area (Å²) in [6, 6.07) is 11.0. The second kappa shape index (κ2) is 5.42. The molecule has 0 bridgehead atoms. The zero-order valence-electron chi connectivity index (χ0n) is 11.5. The molecular formula is C15H23N3. The first-order valence-electron chi connectivity index (χ1n) is 6.71. The van der Waals surface area contributed by atoms with Crippen LogP contribution in [0.1, 0.15) is 32.3 Å². The Kier molecular flexibility index (Phi) is 3.90. The average Bonchev–Trinajstić information content (AvgIpc) is 2.71. The summed E-state index contributed by atoms with van der Waals surface area (Å²) in [5.74, 6) is 1.76. The minimum absolute atomic E-state index is 0.398. The first-order chi connectivity index (χ1) is 8.59. The molecule has 1 aromatic carbocycles. The maximum Gasteiger partial charge on any atom is 0.191 e. The molecule has 1 heterocycles. The fourth-order valence-corrected chi connectivity index (χ4v) is 2.58. The molecule has 18 heavy (non-hydrogen) atoms. The van der Waals surface area contributed by atoms with Gasteiger partial charge in [-0.25, -0.2) is 0 Å². The summed E-state index contributed by atoms with van der Waals surface area (Å²) in [5.41, 5.74) is 7.37. The summed E-state index contributed by atoms with van der Waals surface area (Å²) in [6.07, 6.45) is 0. The van der Waals surface area contributed by atoms with Crippen LogP contribution in [0.25, 0.3) is 0 Å². The van der Waals surface area contributed by atoms with Crippen molar-refractivity contribution in [3.63, 3.8) is 0 Å². The van der Waals surface area contributed by atoms with Crippen molar-refractivity contribution < 1.29 is 0 Å². The van der Waals surface area contributed by atoms with Gasteiger partial charge in [-0.15, -0.1) is 0 Å². The first kappa shape index (κ1) is 12.9. The van der Waals surface area contributed by atoms with E-state index in [0.29, 0.717) is 23.8 Å². The number of nitrogens with two attached hydrogens (primary N) is 1. The van der Waals surface area contributed by atoms with Crippen LogP contribution in [0.5, 0.6) is 0 Å². The van der Waals surface area contributed by atoms with E-state index in [0.717, 1.165) is 13.1 Å². The molecule has 0 saturated carbocycles. The Morgan fingerprint density at radius 3 is 2.56 bits per heavy atom. The number of nitrogens with zero attached hydrogens (tertiary/aromatic N) is 2. The monoisotopic (exact) mass is 245 g/mol. The van der Waals surface area contributed by atoms with Crippen molar-refractivity contribution in [3.8, 4) is 0 Å². The summed E-state index contributed by atoms with van der Waals surface area (Å²) >= 11 is 0. The normalized spacial score (nSPS) is 21.2. The quantitative estimate of drug-likeness (QED) is 0.885. The number of guanidine groups is 1. The van der Waals surface area contributed by atoms with Gasteiger partial charge in [0.25, 0.3) is 0 Å². The molecule has 3 heteroatoms. The van der Waals surface area contributed by atoms with Gasteiger partial charge in [0.15, 0.2) is 5.96 Å². The molecule has 2 atom stereocenters. The SMILES string of the molecule is CC(C)CN1C(N)=NCC1C(C)c1ccccc1. The lowest BCUT2D eigenvalue weighted by atomic mass is 9.92. The highest BCUT2D eigenvalue weighted by Crippen LogP contribution is 2.26. The van der Waals surface area contributed by atoms with Crippen LogP contribution >= 0.6 is 0 Å². The van der Waals surface area contributed by atoms with Crippen molar-refractivity contribution in [1.82, 2.24) is 4.90 Å². The second-order valence-corrected chi connectivity index (χ2v) is 5.51. The smallest absolute Gasteiger partial charge is 0.191 e. The summed E-state index contributed by atoms with van der Waals surface area (Å²) in [5, 5.41) is 0. The van der Waals surface area contributed by atoms with Gasteiger partial charge in [-0.2, -0.15) is 0 Å². The molecule has 0 aliphatic carbocycles. The van der Waals surface area contributed by atoms with Crippen molar-refractivity contribution in [2.75, 3.05) is 13.1 Å². The van der Waals surface area contributed by atoms with Crippen molar-refractivity contribution in [2.45, 2.75) is 32.7 Å². The molecule has 1 aliphatic rings. The Bertz CT molecular complexity index is 411. The Hall–Kier alpha value is -1.51. The topological polar surface area (TPSA) is 41.6 Å². The number of hydrogen-bond donors (Lipinski definition) is 1. The molecular weight excluding hydrogens is 222 g/mol. The van der Waals surface area contributed by atoms with Crippen molar-refractivity contribution in [3.05, 3.63) is 35.9 Å². The molecule has 1 aromatic rings. The molecule has 0 spiro atoms. The van der Waals surface area contributed by atoms with Gasteiger partial charge in [0.2, 0.25) is 0 Å². The molecule has 3 nitrogen and oxygen atoms in total. The number of benzene rings is 1. The molecule has 1 aliphatic heterocycles. The molecule has 2 rings (SSSR count). The van der Waals surface area contributed by atoms with E-state index >= 15 is 0 Å². The zero-order valence-corrected chi connectivity index (χ0v) is 11.5. The van der Waals surface area contributed by atoms with Crippen LogP contribution < -0.4 is 5.73 Å². The molecule has 98 valence electrons. The van der Waals surface area contributed by atoms with E-state index in [1.165, 1.54) is 5.56 Å². The minimum atomic E-state index is 0.398. The predicted octanol–water partition coefficient (Wildman–Crippen LogP) is 2.45. The van der Waals surface area contributed by atoms with Crippen molar-refractivity contribution >= 4 is 5.96 Å². The molecule has 2 unspecified atom stereocenters. The van der Waals surface area contributed by atoms with E-state index in [1.54, 1.807) is 0 Å². The van der Waals surface area contributed by atoms with Crippen molar-refractivity contribution in [1.29, 1.82) is 0 Å². The van der Waals surface area contributed by atoms with Gasteiger partial charge in [0.1, 0.15) is 0 Å². The van der Waals surface area contributed by atoms with Crippen LogP contribution in [0.3, 0.4) is 0 Å². The number of aliphatic imine (C=N–C) groups is 1. The van der Waals surface area contributed by atoms with E-state index < -0.39 is 0 Å². The lowest BCUT2D eigenvalue weighted by molar-refractivity contribution is 0.277. The molecule has 2 N–H and O–H groups in total. The van der Waals surface area contributed by atoms with E-state index in [9.17, 15) is 0 Å². The highest BCUT2D eigenvalue weighted by molar-refractivity contribution is 5.80. The lowest BCUT2D eigenvalue weighted by Gasteiger charge is -2.32. The van der Waals surface area contributed by atoms with Gasteiger partial charge < -0.3 is 10.6 Å². The Labute approximate surface area is 110 Å². The molecule has 0 aromatic heterocycles. The van der Waals surface area contributed by atoms with Gasteiger partial charge in [0.05, 0.1) is 12.6 Å². The van der Waals surface area contributed by atoms with Crippen LogP contribution in [0.4, 0.5) is 0 Å². The molecule has 0 fully saturated rings. The second-order valence-electron chi connectivity index (χ2n) is 5.51. The van der Waals surface area contributed by atoms with E-state index in [-0.39, 0.29) is 0 Å². The average molecular weight is 245 g/mol. The standard InChI is InChI=1S/C15H23N3/c1-11(2)10-18-14(9-17-15(18)16)12(3)13-7-5-4-6-8-13/h4-8,11-12,14H,9-10H2,1-3H3,(H2,16,17). The fraction of sp³-hybridized carbons (Fsp3) is 0.533. The molecule has 0 amide bonds. The Balaban J connectivity index is 2.13. The summed E-state index contributed by atoms with van der Waals surface area (Å²) in [7, 11) is 0. The predicted molar refractivity (Wildman–Crippen MR) is 76.7 cm³/mol. The Morgan fingerprint density at radius 1 is 1.28 bits per heavy atom. The highest BCUT2D eigenvalue weighted by Gasteiger charge is 2.31. The maximum atomic E-state index is 6.01. The van der Waals surface area contributed by atoms with Gasteiger partial charge in [-0.05, 0) is 11.5 Å². The van der Waals surface area contributed by atoms with Gasteiger partial charge >= 0.3 is 0 Å². The third-order valence-electron chi connectivity index (χ3n) is 3.60. The Morgan fingerprint density at radius 2 is 1.94 bits per heavy atom. The summed E-state index contributed by atoms with van der Waals surface area (Å²) in [6.45, 7) is 8.50. The van der Waals surface area contributed by atoms with Crippen LogP contribution in [0.2, 0.25) is 0 Å². The number of rotatable bonds is 4. The maximum absolute atomic E-state index is 6.01. The first-order valence-corrected chi connectivity index (χ1v) is 6.71. The van der Waals surface area contributed by atoms with Crippen molar-refractivity contribution in [2.24, 2.45) is 16.6 Å². The van der Waals surface area contributed by atoms with E-state index in [2.05, 4.69) is 61.0 Å². The minimum Gasteiger partial charge on any atom is -0.370 e. The van der Waals surface area contributed by atoms with Crippen LogP contribution in [0.15, 0.2) is 35.3 Å². The third kappa shape index (κ3) is 2.66. The summed E-state index contributed by atoms with van der Waals surface area (Å²) in [4.78, 5) is 6.69. The van der Waals surface area contributed by atoms with Crippen LogP contribution in [-0.2, 0) is 0 Å². The number of hydrogen-bond acceptors (Lipinski definition) is 3. The fourth-order valence-electron chi connectivity index (χ4n) is 2.58. The van der Waals surface area contributed by atoms with Crippen LogP contribution in [-0.4, -0.2) is 30.0 Å². The lowest BCUT2D eigenvalue weighted by Crippen LogP contribution is -2.45. The zero-order chi connectivity index (χ0) is 13.1. The van der Waals surface area contributed by atoms with Gasteiger partial charge in [-0.3, -0.25) is 4.99 Å². The van der Waals surface area contributed by atoms with Gasteiger partial charge in [-0.1, -0.05) is 51.1 Å². The summed E-state index contributed by atoms with van der Waals surface area (Å²) < 4.78 is 0. The van der Waals surface area contributed by atoms with E-state index in [1.807, 2.05) is 0 Å². The molecule has 0 saturated heterocycles. The highest BCUT2D eigenvalue weighted by atomic mass is 15.3. The molecule has 0 radical (unpaired) electrons. The van der Waals surface area contributed by atoms with E-state index in [4.69, 9.17) is 5.73 Å².